The summed E-state index contributed by atoms with van der Waals surface area (Å²) in [6, 6.07) is 8.52. The van der Waals surface area contributed by atoms with Crippen molar-refractivity contribution in [1.29, 1.82) is 0 Å². The van der Waals surface area contributed by atoms with Gasteiger partial charge in [0, 0.05) is 25.3 Å². The average molecular weight is 346 g/mol. The number of carbonyl (C=O) groups excluding carboxylic acids is 1. The van der Waals surface area contributed by atoms with Gasteiger partial charge in [0.2, 0.25) is 5.91 Å². The molecule has 1 N–H and O–H groups in total. The van der Waals surface area contributed by atoms with Crippen LogP contribution in [0.25, 0.3) is 0 Å². The third-order valence-electron chi connectivity index (χ3n) is 3.91. The molecule has 2 aromatic rings. The van der Waals surface area contributed by atoms with Crippen molar-refractivity contribution in [2.75, 3.05) is 7.05 Å². The van der Waals surface area contributed by atoms with Crippen LogP contribution in [0.4, 0.5) is 0 Å². The first-order valence-corrected chi connectivity index (χ1v) is 8.78. The number of hydrogen-bond donors (Lipinski definition) is 1. The number of carboxylic acid groups (broad SMARTS) is 1. The summed E-state index contributed by atoms with van der Waals surface area (Å²) >= 11 is 1.60. The normalized spacial score (nSPS) is 11.9. The zero-order valence-corrected chi connectivity index (χ0v) is 14.8. The lowest BCUT2D eigenvalue weighted by Gasteiger charge is -2.25. The van der Waals surface area contributed by atoms with E-state index in [1.54, 1.807) is 18.4 Å². The van der Waals surface area contributed by atoms with Gasteiger partial charge in [-0.15, -0.1) is 11.3 Å². The maximum atomic E-state index is 12.3. The molecule has 5 nitrogen and oxygen atoms in total. The van der Waals surface area contributed by atoms with Gasteiger partial charge in [0.1, 0.15) is 6.04 Å². The summed E-state index contributed by atoms with van der Waals surface area (Å²) in [5.41, 5.74) is 1.90. The van der Waals surface area contributed by atoms with Crippen LogP contribution in [0.5, 0.6) is 0 Å². The minimum Gasteiger partial charge on any atom is -0.480 e. The summed E-state index contributed by atoms with van der Waals surface area (Å²) in [7, 11) is 1.57. The van der Waals surface area contributed by atoms with Gasteiger partial charge in [-0.3, -0.25) is 4.79 Å². The molecule has 1 atom stereocenters. The molecule has 0 fully saturated rings. The summed E-state index contributed by atoms with van der Waals surface area (Å²) in [6.07, 6.45) is 2.04. The number of carboxylic acids is 1. The molecule has 1 unspecified atom stereocenters. The molecule has 0 spiro atoms. The summed E-state index contributed by atoms with van der Waals surface area (Å²) in [5.74, 6) is -1.13. The molecule has 1 aromatic heterocycles. The lowest BCUT2D eigenvalue weighted by Crippen LogP contribution is -2.43. The van der Waals surface area contributed by atoms with Gasteiger partial charge in [-0.05, 0) is 25.3 Å². The number of likely N-dealkylation sites (N-methyl/N-ethyl adjacent to an activating group) is 1. The van der Waals surface area contributed by atoms with Gasteiger partial charge in [-0.1, -0.05) is 30.3 Å². The minimum absolute atomic E-state index is 0.148. The van der Waals surface area contributed by atoms with E-state index in [1.807, 2.05) is 42.6 Å². The van der Waals surface area contributed by atoms with Crippen molar-refractivity contribution >= 4 is 23.2 Å². The summed E-state index contributed by atoms with van der Waals surface area (Å²) in [5, 5.41) is 12.5. The third-order valence-corrected chi connectivity index (χ3v) is 4.73. The smallest absolute Gasteiger partial charge is 0.326 e. The molecule has 0 aliphatic rings. The van der Waals surface area contributed by atoms with Crippen molar-refractivity contribution in [1.82, 2.24) is 9.88 Å². The van der Waals surface area contributed by atoms with Gasteiger partial charge in [-0.25, -0.2) is 9.78 Å². The molecule has 0 aliphatic carbocycles. The number of nitrogens with zero attached hydrogens (tertiary/aromatic N) is 2. The number of aliphatic carboxylic acids is 1. The molecule has 0 saturated carbocycles. The number of hydrogen-bond acceptors (Lipinski definition) is 4. The molecule has 1 aromatic carbocycles. The van der Waals surface area contributed by atoms with Crippen LogP contribution in [0.1, 0.15) is 29.1 Å². The zero-order chi connectivity index (χ0) is 17.5. The molecule has 2 rings (SSSR count). The number of rotatable bonds is 8. The third kappa shape index (κ3) is 5.16. The number of aromatic nitrogens is 1. The van der Waals surface area contributed by atoms with E-state index in [1.165, 1.54) is 4.90 Å². The van der Waals surface area contributed by atoms with Crippen molar-refractivity contribution in [3.05, 3.63) is 52.0 Å². The Hall–Kier alpha value is -2.21. The van der Waals surface area contributed by atoms with E-state index in [0.717, 1.165) is 22.7 Å². The fourth-order valence-electron chi connectivity index (χ4n) is 2.52. The maximum Gasteiger partial charge on any atom is 0.326 e. The number of thiazole rings is 1. The highest BCUT2D eigenvalue weighted by molar-refractivity contribution is 7.09. The second-order valence-corrected chi connectivity index (χ2v) is 6.82. The summed E-state index contributed by atoms with van der Waals surface area (Å²) in [6.45, 7) is 1.95. The zero-order valence-electron chi connectivity index (χ0n) is 13.9. The van der Waals surface area contributed by atoms with Crippen molar-refractivity contribution < 1.29 is 14.7 Å². The Balaban J connectivity index is 1.89. The van der Waals surface area contributed by atoms with Gasteiger partial charge in [0.15, 0.2) is 0 Å². The van der Waals surface area contributed by atoms with E-state index in [-0.39, 0.29) is 5.91 Å². The van der Waals surface area contributed by atoms with Crippen LogP contribution in [0.2, 0.25) is 0 Å². The molecule has 24 heavy (non-hydrogen) atoms. The predicted octanol–water partition coefficient (Wildman–Crippen LogP) is 2.93. The highest BCUT2D eigenvalue weighted by Crippen LogP contribution is 2.13. The average Bonchev–Trinajstić information content (AvgIpc) is 2.98. The van der Waals surface area contributed by atoms with Gasteiger partial charge in [-0.2, -0.15) is 0 Å². The molecular weight excluding hydrogens is 324 g/mol. The number of amides is 1. The summed E-state index contributed by atoms with van der Waals surface area (Å²) in [4.78, 5) is 29.6. The molecule has 1 heterocycles. The van der Waals surface area contributed by atoms with Crippen LogP contribution in [-0.2, 0) is 22.4 Å². The van der Waals surface area contributed by atoms with E-state index in [4.69, 9.17) is 0 Å². The van der Waals surface area contributed by atoms with Gasteiger partial charge < -0.3 is 10.0 Å². The van der Waals surface area contributed by atoms with Crippen LogP contribution < -0.4 is 0 Å². The topological polar surface area (TPSA) is 70.5 Å². The van der Waals surface area contributed by atoms with E-state index < -0.39 is 12.0 Å². The molecule has 1 amide bonds. The first-order chi connectivity index (χ1) is 11.5. The number of carbonyl (C=O) groups is 2. The predicted molar refractivity (Wildman–Crippen MR) is 94.1 cm³/mol. The van der Waals surface area contributed by atoms with Gasteiger partial charge in [0.05, 0.1) is 10.7 Å². The molecule has 128 valence electrons. The fraction of sp³-hybridized carbons (Fsp3) is 0.389. The monoisotopic (exact) mass is 346 g/mol. The number of benzene rings is 1. The molecular formula is C18H22N2O3S. The van der Waals surface area contributed by atoms with E-state index in [0.29, 0.717) is 19.3 Å². The standard InChI is InChI=1S/C18H22N2O3S/c1-13-19-15(12-24-13)9-6-10-17(21)20(2)16(18(22)23)11-14-7-4-3-5-8-14/h3-5,7-8,12,16H,6,9-11H2,1-2H3,(H,22,23). The Kier molecular flexibility index (Phi) is 6.49. The SMILES string of the molecule is Cc1nc(CCCC(=O)N(C)C(Cc2ccccc2)C(=O)O)cs1. The van der Waals surface area contributed by atoms with Crippen LogP contribution in [-0.4, -0.2) is 40.0 Å². The Morgan fingerprint density at radius 1 is 1.29 bits per heavy atom. The largest absolute Gasteiger partial charge is 0.480 e. The maximum absolute atomic E-state index is 12.3. The quantitative estimate of drug-likeness (QED) is 0.798. The Morgan fingerprint density at radius 3 is 2.58 bits per heavy atom. The molecule has 0 saturated heterocycles. The second-order valence-electron chi connectivity index (χ2n) is 5.76. The minimum atomic E-state index is -0.982. The Bertz CT molecular complexity index is 685. The van der Waals surface area contributed by atoms with Crippen LogP contribution in [0.15, 0.2) is 35.7 Å². The highest BCUT2D eigenvalue weighted by Gasteiger charge is 2.26. The number of aryl methyl sites for hydroxylation is 2. The first kappa shape index (κ1) is 18.1. The van der Waals surface area contributed by atoms with E-state index in [9.17, 15) is 14.7 Å². The fourth-order valence-corrected chi connectivity index (χ4v) is 3.17. The Labute approximate surface area is 146 Å². The lowest BCUT2D eigenvalue weighted by molar-refractivity contribution is -0.149. The first-order valence-electron chi connectivity index (χ1n) is 7.90. The van der Waals surface area contributed by atoms with Crippen LogP contribution >= 0.6 is 11.3 Å². The molecule has 0 radical (unpaired) electrons. The lowest BCUT2D eigenvalue weighted by atomic mass is 10.0. The van der Waals surface area contributed by atoms with Crippen LogP contribution in [0.3, 0.4) is 0 Å². The van der Waals surface area contributed by atoms with Crippen molar-refractivity contribution in [2.24, 2.45) is 0 Å². The van der Waals surface area contributed by atoms with E-state index >= 15 is 0 Å². The van der Waals surface area contributed by atoms with E-state index in [2.05, 4.69) is 4.98 Å². The van der Waals surface area contributed by atoms with Crippen LogP contribution in [0, 0.1) is 6.92 Å². The van der Waals surface area contributed by atoms with Gasteiger partial charge in [0.25, 0.3) is 0 Å². The Morgan fingerprint density at radius 2 is 2.00 bits per heavy atom. The van der Waals surface area contributed by atoms with Crippen molar-refractivity contribution in [2.45, 2.75) is 38.6 Å². The van der Waals surface area contributed by atoms with Crippen molar-refractivity contribution in [3.63, 3.8) is 0 Å². The molecule has 0 bridgehead atoms. The van der Waals surface area contributed by atoms with Gasteiger partial charge >= 0.3 is 5.97 Å². The highest BCUT2D eigenvalue weighted by atomic mass is 32.1. The summed E-state index contributed by atoms with van der Waals surface area (Å²) < 4.78 is 0. The second kappa shape index (κ2) is 8.59. The molecule has 0 aliphatic heterocycles. The van der Waals surface area contributed by atoms with Crippen molar-refractivity contribution in [3.8, 4) is 0 Å². The molecule has 6 heteroatoms.